The molecule has 2 rings (SSSR count). The molecule has 0 unspecified atom stereocenters. The summed E-state index contributed by atoms with van der Waals surface area (Å²) in [6.45, 7) is 0.386. The summed E-state index contributed by atoms with van der Waals surface area (Å²) in [5, 5.41) is 11.3. The first-order valence-electron chi connectivity index (χ1n) is 5.92. The third kappa shape index (κ3) is 3.23. The lowest BCUT2D eigenvalue weighted by molar-refractivity contribution is -0.137. The number of hydrogen-bond acceptors (Lipinski definition) is 3. The first kappa shape index (κ1) is 12.4. The van der Waals surface area contributed by atoms with Crippen LogP contribution in [0.15, 0.2) is 18.2 Å². The number of amides is 1. The topological polar surface area (TPSA) is 75.6 Å². The van der Waals surface area contributed by atoms with Crippen LogP contribution in [0.1, 0.15) is 24.8 Å². The molecule has 1 aliphatic heterocycles. The number of ether oxygens (including phenoxy) is 1. The summed E-state index contributed by atoms with van der Waals surface area (Å²) in [4.78, 5) is 21.5. The lowest BCUT2D eigenvalue weighted by Gasteiger charge is -2.17. The molecule has 0 aromatic heterocycles. The molecule has 0 radical (unpaired) electrons. The number of rotatable bonds is 5. The Morgan fingerprint density at radius 2 is 2.22 bits per heavy atom. The van der Waals surface area contributed by atoms with Crippen molar-refractivity contribution in [1.29, 1.82) is 0 Å². The summed E-state index contributed by atoms with van der Waals surface area (Å²) in [5.74, 6) is -0.0559. The highest BCUT2D eigenvalue weighted by atomic mass is 16.5. The molecule has 0 saturated carbocycles. The zero-order valence-electron chi connectivity index (χ0n) is 9.94. The molecule has 0 atom stereocenters. The molecule has 5 nitrogen and oxygen atoms in total. The fourth-order valence-electron chi connectivity index (χ4n) is 1.86. The van der Waals surface area contributed by atoms with Crippen molar-refractivity contribution < 1.29 is 19.4 Å². The van der Waals surface area contributed by atoms with Gasteiger partial charge in [0.1, 0.15) is 5.75 Å². The molecule has 96 valence electrons. The van der Waals surface area contributed by atoms with Gasteiger partial charge in [-0.15, -0.1) is 0 Å². The van der Waals surface area contributed by atoms with E-state index in [1.165, 1.54) is 0 Å². The largest absolute Gasteiger partial charge is 0.494 e. The Kier molecular flexibility index (Phi) is 3.82. The van der Waals surface area contributed by atoms with Crippen molar-refractivity contribution >= 4 is 17.6 Å². The van der Waals surface area contributed by atoms with Gasteiger partial charge in [-0.25, -0.2) is 0 Å². The molecule has 2 N–H and O–H groups in total. The summed E-state index contributed by atoms with van der Waals surface area (Å²) < 4.78 is 5.47. The van der Waals surface area contributed by atoms with Crippen molar-refractivity contribution in [2.24, 2.45) is 0 Å². The third-order valence-electron chi connectivity index (χ3n) is 2.78. The highest BCUT2D eigenvalue weighted by Crippen LogP contribution is 2.26. The van der Waals surface area contributed by atoms with Gasteiger partial charge in [0.15, 0.2) is 0 Å². The van der Waals surface area contributed by atoms with Crippen LogP contribution in [0.5, 0.6) is 5.75 Å². The van der Waals surface area contributed by atoms with Crippen LogP contribution in [0.4, 0.5) is 5.69 Å². The Bertz CT molecular complexity index is 470. The highest BCUT2D eigenvalue weighted by Gasteiger charge is 2.14. The fraction of sp³-hybridized carbons (Fsp3) is 0.385. The summed E-state index contributed by atoms with van der Waals surface area (Å²) in [5.41, 5.74) is 1.90. The van der Waals surface area contributed by atoms with Crippen molar-refractivity contribution in [3.05, 3.63) is 23.8 Å². The lowest BCUT2D eigenvalue weighted by Crippen LogP contribution is -2.18. The predicted molar refractivity (Wildman–Crippen MR) is 65.8 cm³/mol. The van der Waals surface area contributed by atoms with Crippen LogP contribution in [-0.2, 0) is 16.0 Å². The molecule has 0 aliphatic carbocycles. The Hall–Kier alpha value is -2.04. The lowest BCUT2D eigenvalue weighted by atomic mass is 10.0. The number of fused-ring (bicyclic) bond motifs is 1. The number of hydrogen-bond donors (Lipinski definition) is 2. The van der Waals surface area contributed by atoms with Gasteiger partial charge in [-0.2, -0.15) is 0 Å². The second-order valence-corrected chi connectivity index (χ2v) is 4.21. The van der Waals surface area contributed by atoms with Crippen molar-refractivity contribution in [1.82, 2.24) is 0 Å². The number of aliphatic carboxylic acids is 1. The minimum atomic E-state index is -0.813. The molecule has 18 heavy (non-hydrogen) atoms. The minimum Gasteiger partial charge on any atom is -0.494 e. The maximum Gasteiger partial charge on any atom is 0.303 e. The standard InChI is InChI=1S/C13H15NO4/c15-12-6-3-9-8-10(4-5-11(9)14-12)18-7-1-2-13(16)17/h4-5,8H,1-3,6-7H2,(H,14,15)(H,16,17). The van der Waals surface area contributed by atoms with Crippen LogP contribution in [0.2, 0.25) is 0 Å². The van der Waals surface area contributed by atoms with Gasteiger partial charge < -0.3 is 15.2 Å². The predicted octanol–water partition coefficient (Wildman–Crippen LogP) is 1.81. The average molecular weight is 249 g/mol. The summed E-state index contributed by atoms with van der Waals surface area (Å²) in [6, 6.07) is 5.50. The molecule has 1 aromatic rings. The van der Waals surface area contributed by atoms with Crippen LogP contribution in [0.25, 0.3) is 0 Å². The van der Waals surface area contributed by atoms with Crippen molar-refractivity contribution in [3.63, 3.8) is 0 Å². The summed E-state index contributed by atoms with van der Waals surface area (Å²) >= 11 is 0. The number of benzene rings is 1. The van der Waals surface area contributed by atoms with Crippen molar-refractivity contribution in [2.45, 2.75) is 25.7 Å². The first-order valence-corrected chi connectivity index (χ1v) is 5.92. The van der Waals surface area contributed by atoms with E-state index in [9.17, 15) is 9.59 Å². The van der Waals surface area contributed by atoms with E-state index < -0.39 is 5.97 Å². The number of aryl methyl sites for hydroxylation is 1. The van der Waals surface area contributed by atoms with E-state index in [1.807, 2.05) is 12.1 Å². The average Bonchev–Trinajstić information content (AvgIpc) is 2.34. The number of anilines is 1. The smallest absolute Gasteiger partial charge is 0.303 e. The number of carbonyl (C=O) groups excluding carboxylic acids is 1. The van der Waals surface area contributed by atoms with Gasteiger partial charge in [0, 0.05) is 18.5 Å². The van der Waals surface area contributed by atoms with E-state index in [2.05, 4.69) is 5.32 Å². The second-order valence-electron chi connectivity index (χ2n) is 4.21. The molecule has 1 heterocycles. The van der Waals surface area contributed by atoms with Gasteiger partial charge in [-0.05, 0) is 36.6 Å². The van der Waals surface area contributed by atoms with Crippen LogP contribution < -0.4 is 10.1 Å². The van der Waals surface area contributed by atoms with Gasteiger partial charge >= 0.3 is 5.97 Å². The number of carboxylic acid groups (broad SMARTS) is 1. The maximum atomic E-state index is 11.2. The Morgan fingerprint density at radius 3 is 3.00 bits per heavy atom. The minimum absolute atomic E-state index is 0.0395. The quantitative estimate of drug-likeness (QED) is 0.780. The maximum absolute atomic E-state index is 11.2. The Labute approximate surface area is 105 Å². The van der Waals surface area contributed by atoms with E-state index in [0.717, 1.165) is 17.0 Å². The SMILES string of the molecule is O=C(O)CCCOc1ccc2c(c1)CCC(=O)N2. The first-order chi connectivity index (χ1) is 8.65. The molecular formula is C13H15NO4. The van der Waals surface area contributed by atoms with E-state index in [4.69, 9.17) is 9.84 Å². The second kappa shape index (κ2) is 5.53. The fourth-order valence-corrected chi connectivity index (χ4v) is 1.86. The van der Waals surface area contributed by atoms with Gasteiger partial charge in [-0.1, -0.05) is 0 Å². The normalized spacial score (nSPS) is 13.7. The van der Waals surface area contributed by atoms with E-state index in [-0.39, 0.29) is 12.3 Å². The molecule has 0 saturated heterocycles. The third-order valence-corrected chi connectivity index (χ3v) is 2.78. The van der Waals surface area contributed by atoms with Gasteiger partial charge in [-0.3, -0.25) is 9.59 Å². The van der Waals surface area contributed by atoms with Crippen LogP contribution in [0.3, 0.4) is 0 Å². The van der Waals surface area contributed by atoms with Gasteiger partial charge in [0.2, 0.25) is 5.91 Å². The zero-order valence-corrected chi connectivity index (χ0v) is 9.94. The molecule has 0 fully saturated rings. The Morgan fingerprint density at radius 1 is 1.39 bits per heavy atom. The van der Waals surface area contributed by atoms with Crippen LogP contribution in [0, 0.1) is 0 Å². The van der Waals surface area contributed by atoms with Gasteiger partial charge in [0.05, 0.1) is 6.61 Å². The monoisotopic (exact) mass is 249 g/mol. The molecule has 1 aliphatic rings. The van der Waals surface area contributed by atoms with E-state index in [1.54, 1.807) is 6.07 Å². The van der Waals surface area contributed by atoms with Crippen LogP contribution in [-0.4, -0.2) is 23.6 Å². The Balaban J connectivity index is 1.91. The molecular weight excluding hydrogens is 234 g/mol. The number of nitrogens with one attached hydrogen (secondary N) is 1. The molecule has 1 aromatic carbocycles. The highest BCUT2D eigenvalue weighted by molar-refractivity contribution is 5.93. The van der Waals surface area contributed by atoms with Gasteiger partial charge in [0.25, 0.3) is 0 Å². The zero-order chi connectivity index (χ0) is 13.0. The van der Waals surface area contributed by atoms with E-state index >= 15 is 0 Å². The van der Waals surface area contributed by atoms with Crippen molar-refractivity contribution in [3.8, 4) is 5.75 Å². The van der Waals surface area contributed by atoms with Crippen molar-refractivity contribution in [2.75, 3.05) is 11.9 Å². The molecule has 0 bridgehead atoms. The molecule has 5 heteroatoms. The molecule has 0 spiro atoms. The summed E-state index contributed by atoms with van der Waals surface area (Å²) in [6.07, 6.45) is 1.81. The number of carbonyl (C=O) groups is 2. The number of carboxylic acids is 1. The van der Waals surface area contributed by atoms with E-state index in [0.29, 0.717) is 25.9 Å². The van der Waals surface area contributed by atoms with Crippen LogP contribution >= 0.6 is 0 Å². The summed E-state index contributed by atoms with van der Waals surface area (Å²) in [7, 11) is 0. The molecule has 1 amide bonds.